The summed E-state index contributed by atoms with van der Waals surface area (Å²) in [4.78, 5) is 17.5. The van der Waals surface area contributed by atoms with Gasteiger partial charge >= 0.3 is 0 Å². The van der Waals surface area contributed by atoms with E-state index in [0.717, 1.165) is 61.8 Å². The molecule has 162 valence electrons. The van der Waals surface area contributed by atoms with Gasteiger partial charge in [0.25, 0.3) is 5.91 Å². The zero-order valence-corrected chi connectivity index (χ0v) is 18.6. The number of amides is 1. The topological polar surface area (TPSA) is 71.7 Å². The van der Waals surface area contributed by atoms with E-state index in [1.807, 2.05) is 30.0 Å². The number of methoxy groups -OCH3 is 1. The number of likely N-dealkylation sites (tertiary alicyclic amines) is 2. The van der Waals surface area contributed by atoms with Gasteiger partial charge < -0.3 is 19.0 Å². The number of piperidine rings is 1. The second-order valence-electron chi connectivity index (χ2n) is 9.17. The van der Waals surface area contributed by atoms with Gasteiger partial charge in [-0.3, -0.25) is 4.79 Å². The SMILES string of the molecule is COc1cccc(C(=O)N2CCC3(CC2)CN(C)CC3c2nnc(C(C)C)o2)c1C. The third-order valence-electron chi connectivity index (χ3n) is 6.85. The van der Waals surface area contributed by atoms with Crippen molar-refractivity contribution in [3.8, 4) is 5.75 Å². The van der Waals surface area contributed by atoms with Crippen molar-refractivity contribution >= 4 is 5.91 Å². The molecule has 1 atom stereocenters. The maximum atomic E-state index is 13.2. The Morgan fingerprint density at radius 3 is 2.63 bits per heavy atom. The monoisotopic (exact) mass is 412 g/mol. The van der Waals surface area contributed by atoms with E-state index in [0.29, 0.717) is 5.89 Å². The predicted molar refractivity (Wildman–Crippen MR) is 114 cm³/mol. The van der Waals surface area contributed by atoms with Crippen LogP contribution < -0.4 is 4.74 Å². The van der Waals surface area contributed by atoms with Crippen LogP contribution in [0.3, 0.4) is 0 Å². The quantitative estimate of drug-likeness (QED) is 0.766. The number of hydrogen-bond acceptors (Lipinski definition) is 6. The van der Waals surface area contributed by atoms with Gasteiger partial charge in [0.15, 0.2) is 0 Å². The van der Waals surface area contributed by atoms with Crippen LogP contribution in [0.5, 0.6) is 5.75 Å². The van der Waals surface area contributed by atoms with E-state index in [1.165, 1.54) is 0 Å². The molecule has 7 nitrogen and oxygen atoms in total. The molecule has 1 unspecified atom stereocenters. The first-order chi connectivity index (χ1) is 14.3. The van der Waals surface area contributed by atoms with E-state index in [1.54, 1.807) is 7.11 Å². The molecule has 30 heavy (non-hydrogen) atoms. The fourth-order valence-electron chi connectivity index (χ4n) is 5.08. The molecule has 0 N–H and O–H groups in total. The number of rotatable bonds is 4. The number of benzene rings is 1. The largest absolute Gasteiger partial charge is 0.496 e. The van der Waals surface area contributed by atoms with Crippen LogP contribution in [0.15, 0.2) is 22.6 Å². The van der Waals surface area contributed by atoms with Gasteiger partial charge in [0.2, 0.25) is 11.8 Å². The summed E-state index contributed by atoms with van der Waals surface area (Å²) in [5, 5.41) is 8.66. The molecule has 0 bridgehead atoms. The summed E-state index contributed by atoms with van der Waals surface area (Å²) in [6.07, 6.45) is 1.88. The van der Waals surface area contributed by atoms with Crippen molar-refractivity contribution in [1.82, 2.24) is 20.0 Å². The van der Waals surface area contributed by atoms with Crippen LogP contribution in [0, 0.1) is 12.3 Å². The second kappa shape index (κ2) is 8.02. The molecule has 1 spiro atoms. The smallest absolute Gasteiger partial charge is 0.254 e. The minimum absolute atomic E-state index is 0.0791. The van der Waals surface area contributed by atoms with Gasteiger partial charge in [0.1, 0.15) is 5.75 Å². The van der Waals surface area contributed by atoms with Crippen molar-refractivity contribution in [3.05, 3.63) is 41.1 Å². The first-order valence-corrected chi connectivity index (χ1v) is 10.8. The van der Waals surface area contributed by atoms with Crippen LogP contribution >= 0.6 is 0 Å². The number of carbonyl (C=O) groups excluding carboxylic acids is 1. The van der Waals surface area contributed by atoms with Gasteiger partial charge in [-0.05, 0) is 44.4 Å². The summed E-state index contributed by atoms with van der Waals surface area (Å²) in [6.45, 7) is 9.48. The summed E-state index contributed by atoms with van der Waals surface area (Å²) in [5.74, 6) is 2.75. The van der Waals surface area contributed by atoms with Gasteiger partial charge in [0.05, 0.1) is 13.0 Å². The molecule has 2 fully saturated rings. The van der Waals surface area contributed by atoms with E-state index in [2.05, 4.69) is 36.0 Å². The van der Waals surface area contributed by atoms with Crippen molar-refractivity contribution in [2.24, 2.45) is 5.41 Å². The highest BCUT2D eigenvalue weighted by atomic mass is 16.5. The highest BCUT2D eigenvalue weighted by Crippen LogP contribution is 2.49. The van der Waals surface area contributed by atoms with Crippen molar-refractivity contribution in [2.45, 2.75) is 45.4 Å². The molecule has 2 aliphatic rings. The molecule has 0 aliphatic carbocycles. The first-order valence-electron chi connectivity index (χ1n) is 10.8. The highest BCUT2D eigenvalue weighted by molar-refractivity contribution is 5.96. The molecule has 0 saturated carbocycles. The fourth-order valence-corrected chi connectivity index (χ4v) is 5.08. The van der Waals surface area contributed by atoms with Crippen molar-refractivity contribution in [3.63, 3.8) is 0 Å². The lowest BCUT2D eigenvalue weighted by molar-refractivity contribution is 0.0550. The lowest BCUT2D eigenvalue weighted by Gasteiger charge is -2.41. The van der Waals surface area contributed by atoms with Crippen LogP contribution in [0.4, 0.5) is 0 Å². The molecular weight excluding hydrogens is 380 g/mol. The second-order valence-corrected chi connectivity index (χ2v) is 9.17. The maximum Gasteiger partial charge on any atom is 0.254 e. The molecule has 4 rings (SSSR count). The standard InChI is InChI=1S/C23H32N4O3/c1-15(2)20-24-25-21(30-20)18-13-26(4)14-23(18)9-11-27(12-10-23)22(28)17-7-6-8-19(29-5)16(17)3/h6-8,15,18H,9-14H2,1-5H3. The zero-order valence-electron chi connectivity index (χ0n) is 18.6. The molecule has 2 saturated heterocycles. The van der Waals surface area contributed by atoms with E-state index >= 15 is 0 Å². The molecule has 2 aliphatic heterocycles. The van der Waals surface area contributed by atoms with Crippen LogP contribution in [-0.4, -0.2) is 66.2 Å². The Morgan fingerprint density at radius 1 is 1.27 bits per heavy atom. The number of aromatic nitrogens is 2. The Morgan fingerprint density at radius 2 is 2.00 bits per heavy atom. The number of likely N-dealkylation sites (N-methyl/N-ethyl adjacent to an activating group) is 1. The minimum Gasteiger partial charge on any atom is -0.496 e. The Hall–Kier alpha value is -2.41. The molecule has 1 aromatic heterocycles. The molecule has 1 aromatic carbocycles. The summed E-state index contributed by atoms with van der Waals surface area (Å²) in [5.41, 5.74) is 1.70. The number of hydrogen-bond donors (Lipinski definition) is 0. The predicted octanol–water partition coefficient (Wildman–Crippen LogP) is 3.46. The van der Waals surface area contributed by atoms with E-state index in [4.69, 9.17) is 9.15 Å². The fraction of sp³-hybridized carbons (Fsp3) is 0.609. The lowest BCUT2D eigenvalue weighted by Crippen LogP contribution is -2.46. The van der Waals surface area contributed by atoms with Crippen molar-refractivity contribution < 1.29 is 13.9 Å². The van der Waals surface area contributed by atoms with Crippen LogP contribution in [0.25, 0.3) is 0 Å². The van der Waals surface area contributed by atoms with Crippen molar-refractivity contribution in [1.29, 1.82) is 0 Å². The summed E-state index contributed by atoms with van der Waals surface area (Å²) >= 11 is 0. The minimum atomic E-state index is 0.0791. The summed E-state index contributed by atoms with van der Waals surface area (Å²) in [7, 11) is 3.79. The van der Waals surface area contributed by atoms with Gasteiger partial charge in [-0.15, -0.1) is 10.2 Å². The third-order valence-corrected chi connectivity index (χ3v) is 6.85. The number of ether oxygens (including phenoxy) is 1. The molecule has 0 radical (unpaired) electrons. The Bertz CT molecular complexity index is 915. The Kier molecular flexibility index (Phi) is 5.57. The first kappa shape index (κ1) is 20.8. The van der Waals surface area contributed by atoms with Gasteiger partial charge in [-0.2, -0.15) is 0 Å². The Balaban J connectivity index is 1.51. The summed E-state index contributed by atoms with van der Waals surface area (Å²) in [6, 6.07) is 5.67. The van der Waals surface area contributed by atoms with Crippen LogP contribution in [0.1, 0.15) is 66.2 Å². The van der Waals surface area contributed by atoms with E-state index < -0.39 is 0 Å². The van der Waals surface area contributed by atoms with Gasteiger partial charge in [0, 0.05) is 43.2 Å². The van der Waals surface area contributed by atoms with Crippen molar-refractivity contribution in [2.75, 3.05) is 40.3 Å². The van der Waals surface area contributed by atoms with Crippen LogP contribution in [0.2, 0.25) is 0 Å². The highest BCUT2D eigenvalue weighted by Gasteiger charge is 2.50. The molecule has 7 heteroatoms. The molecule has 2 aromatic rings. The average Bonchev–Trinajstić information content (AvgIpc) is 3.33. The number of nitrogens with zero attached hydrogens (tertiary/aromatic N) is 4. The normalized spacial score (nSPS) is 21.5. The molecule has 1 amide bonds. The zero-order chi connectivity index (χ0) is 21.5. The average molecular weight is 413 g/mol. The lowest BCUT2D eigenvalue weighted by atomic mass is 9.70. The van der Waals surface area contributed by atoms with E-state index in [-0.39, 0.29) is 23.2 Å². The van der Waals surface area contributed by atoms with Gasteiger partial charge in [-0.25, -0.2) is 0 Å². The number of carbonyl (C=O) groups is 1. The van der Waals surface area contributed by atoms with E-state index in [9.17, 15) is 4.79 Å². The van der Waals surface area contributed by atoms with Crippen LogP contribution in [-0.2, 0) is 0 Å². The van der Waals surface area contributed by atoms with Gasteiger partial charge in [-0.1, -0.05) is 19.9 Å². The molecular formula is C23H32N4O3. The summed E-state index contributed by atoms with van der Waals surface area (Å²) < 4.78 is 11.4. The third kappa shape index (κ3) is 3.60. The maximum absolute atomic E-state index is 13.2. The molecule has 3 heterocycles. The Labute approximate surface area is 178 Å².